The average Bonchev–Trinajstić information content (AvgIpc) is 3.17. The Kier molecular flexibility index (Phi) is 5.96. The van der Waals surface area contributed by atoms with Crippen molar-refractivity contribution >= 4 is 46.3 Å². The minimum atomic E-state index is -0.764. The van der Waals surface area contributed by atoms with Crippen LogP contribution in [0.5, 0.6) is 0 Å². The molecule has 0 aliphatic carbocycles. The van der Waals surface area contributed by atoms with Gasteiger partial charge in [0.1, 0.15) is 29.6 Å². The van der Waals surface area contributed by atoms with Crippen molar-refractivity contribution in [1.82, 2.24) is 5.16 Å². The standard InChI is InChI=1S/C18H18F2IN3O5/c1-18(2,3)29-16(25)22-15-9(8-27-23-15)4-11-7-24(17(26)28-11)10-5-12(19)14(21)13(20)6-10/h5-6,8,11H,4,7H2,1-3H3,(H,22,23,25)/t11-/m1/s1. The maximum absolute atomic E-state index is 13.8. The molecule has 156 valence electrons. The van der Waals surface area contributed by atoms with Crippen LogP contribution in [0.1, 0.15) is 26.3 Å². The fourth-order valence-corrected chi connectivity index (χ4v) is 3.00. The van der Waals surface area contributed by atoms with Gasteiger partial charge in [0.2, 0.25) is 0 Å². The van der Waals surface area contributed by atoms with Crippen LogP contribution in [0.2, 0.25) is 0 Å². The van der Waals surface area contributed by atoms with E-state index < -0.39 is 35.5 Å². The van der Waals surface area contributed by atoms with Crippen LogP contribution in [0.15, 0.2) is 22.9 Å². The summed E-state index contributed by atoms with van der Waals surface area (Å²) in [5, 5.41) is 6.19. The van der Waals surface area contributed by atoms with Crippen molar-refractivity contribution in [3.05, 3.63) is 39.2 Å². The fraction of sp³-hybridized carbons (Fsp3) is 0.389. The second-order valence-electron chi connectivity index (χ2n) is 7.36. The van der Waals surface area contributed by atoms with Gasteiger partial charge in [0.05, 0.1) is 15.8 Å². The fourth-order valence-electron chi connectivity index (χ4n) is 2.69. The van der Waals surface area contributed by atoms with Crippen molar-refractivity contribution in [3.8, 4) is 0 Å². The van der Waals surface area contributed by atoms with Gasteiger partial charge in [-0.05, 0) is 55.5 Å². The van der Waals surface area contributed by atoms with E-state index in [4.69, 9.17) is 14.0 Å². The number of ether oxygens (including phenoxy) is 2. The molecule has 2 heterocycles. The summed E-state index contributed by atoms with van der Waals surface area (Å²) in [5.74, 6) is -1.39. The number of rotatable bonds is 4. The lowest BCUT2D eigenvalue weighted by molar-refractivity contribution is 0.0634. The van der Waals surface area contributed by atoms with Gasteiger partial charge in [-0.2, -0.15) is 0 Å². The number of cyclic esters (lactones) is 1. The largest absolute Gasteiger partial charge is 0.444 e. The number of carbonyl (C=O) groups excluding carboxylic acids is 2. The van der Waals surface area contributed by atoms with Gasteiger partial charge in [-0.1, -0.05) is 5.16 Å². The molecule has 1 aromatic heterocycles. The third-order valence-electron chi connectivity index (χ3n) is 3.86. The van der Waals surface area contributed by atoms with Crippen LogP contribution < -0.4 is 10.2 Å². The van der Waals surface area contributed by atoms with Crippen molar-refractivity contribution in [2.75, 3.05) is 16.8 Å². The summed E-state index contributed by atoms with van der Waals surface area (Å²) >= 11 is 1.55. The summed E-state index contributed by atoms with van der Waals surface area (Å²) in [6.45, 7) is 5.23. The van der Waals surface area contributed by atoms with E-state index in [1.54, 1.807) is 43.4 Å². The normalized spacial score (nSPS) is 16.7. The Bertz CT molecular complexity index is 921. The molecule has 3 rings (SSSR count). The maximum Gasteiger partial charge on any atom is 0.414 e. The average molecular weight is 521 g/mol. The van der Waals surface area contributed by atoms with E-state index in [0.29, 0.717) is 5.56 Å². The molecule has 1 fully saturated rings. The second kappa shape index (κ2) is 8.13. The lowest BCUT2D eigenvalue weighted by Crippen LogP contribution is -2.28. The molecule has 11 heteroatoms. The molecule has 1 aliphatic heterocycles. The number of anilines is 2. The van der Waals surface area contributed by atoms with Crippen molar-refractivity contribution in [2.45, 2.75) is 38.9 Å². The highest BCUT2D eigenvalue weighted by atomic mass is 127. The molecule has 0 radical (unpaired) electrons. The molecule has 2 amide bonds. The van der Waals surface area contributed by atoms with E-state index in [9.17, 15) is 18.4 Å². The van der Waals surface area contributed by atoms with Crippen LogP contribution in [0.25, 0.3) is 0 Å². The van der Waals surface area contributed by atoms with Crippen LogP contribution in [-0.2, 0) is 15.9 Å². The molecular formula is C18H18F2IN3O5. The number of amides is 2. The molecule has 1 aliphatic rings. The number of hydrogen-bond acceptors (Lipinski definition) is 6. The van der Waals surface area contributed by atoms with Gasteiger partial charge in [0.15, 0.2) is 5.82 Å². The zero-order valence-electron chi connectivity index (χ0n) is 15.8. The Balaban J connectivity index is 1.68. The first-order valence-corrected chi connectivity index (χ1v) is 9.67. The predicted octanol–water partition coefficient (Wildman–Crippen LogP) is 4.47. The van der Waals surface area contributed by atoms with Gasteiger partial charge in [-0.25, -0.2) is 18.4 Å². The summed E-state index contributed by atoms with van der Waals surface area (Å²) < 4.78 is 42.8. The van der Waals surface area contributed by atoms with E-state index in [1.165, 1.54) is 6.26 Å². The number of carbonyl (C=O) groups is 2. The molecule has 0 spiro atoms. The summed E-state index contributed by atoms with van der Waals surface area (Å²) in [4.78, 5) is 25.2. The molecule has 8 nitrogen and oxygen atoms in total. The smallest absolute Gasteiger partial charge is 0.414 e. The van der Waals surface area contributed by atoms with Crippen molar-refractivity contribution < 1.29 is 32.4 Å². The number of benzene rings is 1. The zero-order valence-corrected chi connectivity index (χ0v) is 18.0. The van der Waals surface area contributed by atoms with Crippen LogP contribution >= 0.6 is 22.6 Å². The highest BCUT2D eigenvalue weighted by molar-refractivity contribution is 14.1. The second-order valence-corrected chi connectivity index (χ2v) is 8.44. The van der Waals surface area contributed by atoms with Gasteiger partial charge in [-0.3, -0.25) is 10.2 Å². The first-order valence-electron chi connectivity index (χ1n) is 8.59. The molecule has 1 atom stereocenters. The van der Waals surface area contributed by atoms with Gasteiger partial charge < -0.3 is 14.0 Å². The number of nitrogens with zero attached hydrogens (tertiary/aromatic N) is 2. The van der Waals surface area contributed by atoms with E-state index in [-0.39, 0.29) is 28.0 Å². The number of hydrogen-bond donors (Lipinski definition) is 1. The molecule has 29 heavy (non-hydrogen) atoms. The van der Waals surface area contributed by atoms with Crippen LogP contribution in [0, 0.1) is 15.2 Å². The van der Waals surface area contributed by atoms with E-state index in [0.717, 1.165) is 17.0 Å². The molecule has 1 saturated heterocycles. The maximum atomic E-state index is 13.8. The van der Waals surface area contributed by atoms with Crippen molar-refractivity contribution in [2.24, 2.45) is 0 Å². The van der Waals surface area contributed by atoms with Gasteiger partial charge in [-0.15, -0.1) is 0 Å². The molecule has 2 aromatic rings. The van der Waals surface area contributed by atoms with Crippen molar-refractivity contribution in [1.29, 1.82) is 0 Å². The molecule has 1 aromatic carbocycles. The molecular weight excluding hydrogens is 503 g/mol. The Morgan fingerprint density at radius 2 is 2.03 bits per heavy atom. The summed E-state index contributed by atoms with van der Waals surface area (Å²) in [5.41, 5.74) is -0.145. The molecule has 0 saturated carbocycles. The zero-order chi connectivity index (χ0) is 21.3. The van der Waals surface area contributed by atoms with E-state index in [1.807, 2.05) is 0 Å². The monoisotopic (exact) mass is 521 g/mol. The number of nitrogens with one attached hydrogen (secondary N) is 1. The third-order valence-corrected chi connectivity index (χ3v) is 4.89. The Morgan fingerprint density at radius 3 is 2.66 bits per heavy atom. The van der Waals surface area contributed by atoms with E-state index >= 15 is 0 Å². The van der Waals surface area contributed by atoms with Crippen LogP contribution in [-0.4, -0.2) is 35.6 Å². The summed E-state index contributed by atoms with van der Waals surface area (Å²) in [7, 11) is 0. The SMILES string of the molecule is CC(C)(C)OC(=O)Nc1nocc1C[C@@H]1CN(c2cc(F)c(I)c(F)c2)C(=O)O1. The third kappa shape index (κ3) is 5.14. The van der Waals surface area contributed by atoms with Crippen LogP contribution in [0.3, 0.4) is 0 Å². The lowest BCUT2D eigenvalue weighted by atomic mass is 10.1. The van der Waals surface area contributed by atoms with Crippen LogP contribution in [0.4, 0.5) is 29.9 Å². The minimum absolute atomic E-state index is 0.0605. The highest BCUT2D eigenvalue weighted by Gasteiger charge is 2.34. The first kappa shape index (κ1) is 21.3. The molecule has 0 bridgehead atoms. The first-order chi connectivity index (χ1) is 13.5. The predicted molar refractivity (Wildman–Crippen MR) is 107 cm³/mol. The van der Waals surface area contributed by atoms with Gasteiger partial charge >= 0.3 is 12.2 Å². The topological polar surface area (TPSA) is 93.9 Å². The number of halogens is 3. The minimum Gasteiger partial charge on any atom is -0.444 e. The van der Waals surface area contributed by atoms with Gasteiger partial charge in [0.25, 0.3) is 0 Å². The Morgan fingerprint density at radius 1 is 1.38 bits per heavy atom. The van der Waals surface area contributed by atoms with E-state index in [2.05, 4.69) is 10.5 Å². The Labute approximate surface area is 178 Å². The van der Waals surface area contributed by atoms with Crippen molar-refractivity contribution in [3.63, 3.8) is 0 Å². The Hall–Kier alpha value is -2.44. The molecule has 1 N–H and O–H groups in total. The summed E-state index contributed by atoms with van der Waals surface area (Å²) in [6, 6.07) is 2.15. The lowest BCUT2D eigenvalue weighted by Gasteiger charge is -2.19. The van der Waals surface area contributed by atoms with Gasteiger partial charge in [0, 0.05) is 12.0 Å². The quantitative estimate of drug-likeness (QED) is 0.472. The highest BCUT2D eigenvalue weighted by Crippen LogP contribution is 2.28. The summed E-state index contributed by atoms with van der Waals surface area (Å²) in [6.07, 6.45) is -0.582. The molecule has 0 unspecified atom stereocenters. The number of aromatic nitrogens is 1.